The molecule has 1 aliphatic heterocycles. The molecule has 4 nitrogen and oxygen atoms in total. The third kappa shape index (κ3) is 4.26. The molecule has 0 unspecified atom stereocenters. The van der Waals surface area contributed by atoms with Crippen LogP contribution in [0.2, 0.25) is 0 Å². The Balaban J connectivity index is 1.76. The Morgan fingerprint density at radius 1 is 1.08 bits per heavy atom. The zero-order chi connectivity index (χ0) is 18.7. The third-order valence-electron chi connectivity index (χ3n) is 3.49. The van der Waals surface area contributed by atoms with Crippen LogP contribution in [0.1, 0.15) is 11.1 Å². The fourth-order valence-corrected chi connectivity index (χ4v) is 3.02. The first kappa shape index (κ1) is 18.1. The number of thioether (sulfide) groups is 1. The molecule has 1 saturated heterocycles. The summed E-state index contributed by atoms with van der Waals surface area (Å²) in [6.45, 7) is 0. The van der Waals surface area contributed by atoms with Crippen LogP contribution in [0, 0.1) is 0 Å². The van der Waals surface area contributed by atoms with Crippen molar-refractivity contribution < 1.29 is 22.7 Å². The zero-order valence-electron chi connectivity index (χ0n) is 13.5. The van der Waals surface area contributed by atoms with Gasteiger partial charge in [-0.15, -0.1) is 0 Å². The molecule has 1 fully saturated rings. The van der Waals surface area contributed by atoms with Crippen molar-refractivity contribution in [2.24, 2.45) is 4.99 Å². The van der Waals surface area contributed by atoms with Gasteiger partial charge in [0.25, 0.3) is 5.91 Å². The SMILES string of the molecule is COc1ccc(N=C2NC(=O)/C(=C/c3ccc(C(F)(F)F)cc3)S2)cc1. The Kier molecular flexibility index (Phi) is 5.03. The molecule has 0 radical (unpaired) electrons. The number of halogens is 3. The first-order valence-corrected chi connectivity index (χ1v) is 8.28. The summed E-state index contributed by atoms with van der Waals surface area (Å²) < 4.78 is 42.8. The number of carbonyl (C=O) groups excluding carboxylic acids is 1. The summed E-state index contributed by atoms with van der Waals surface area (Å²) in [5, 5.41) is 3.03. The Morgan fingerprint density at radius 2 is 1.73 bits per heavy atom. The zero-order valence-corrected chi connectivity index (χ0v) is 14.3. The first-order valence-electron chi connectivity index (χ1n) is 7.46. The van der Waals surface area contributed by atoms with Gasteiger partial charge in [0, 0.05) is 0 Å². The molecule has 0 bridgehead atoms. The number of nitrogens with one attached hydrogen (secondary N) is 1. The van der Waals surface area contributed by atoms with E-state index in [1.807, 2.05) is 0 Å². The van der Waals surface area contributed by atoms with Crippen LogP contribution in [-0.4, -0.2) is 18.2 Å². The summed E-state index contributed by atoms with van der Waals surface area (Å²) in [6, 6.07) is 11.6. The van der Waals surface area contributed by atoms with Gasteiger partial charge in [-0.05, 0) is 59.8 Å². The monoisotopic (exact) mass is 378 g/mol. The van der Waals surface area contributed by atoms with Crippen molar-refractivity contribution in [3.05, 3.63) is 64.6 Å². The van der Waals surface area contributed by atoms with E-state index in [0.29, 0.717) is 27.1 Å². The first-order chi connectivity index (χ1) is 12.3. The van der Waals surface area contributed by atoms with E-state index in [1.54, 1.807) is 31.4 Å². The van der Waals surface area contributed by atoms with Gasteiger partial charge in [0.1, 0.15) is 5.75 Å². The fourth-order valence-electron chi connectivity index (χ4n) is 2.17. The number of alkyl halides is 3. The van der Waals surface area contributed by atoms with Gasteiger partial charge < -0.3 is 10.1 Å². The maximum atomic E-state index is 12.6. The highest BCUT2D eigenvalue weighted by atomic mass is 32.2. The van der Waals surface area contributed by atoms with Gasteiger partial charge in [-0.1, -0.05) is 12.1 Å². The highest BCUT2D eigenvalue weighted by molar-refractivity contribution is 8.18. The minimum atomic E-state index is -4.39. The van der Waals surface area contributed by atoms with Gasteiger partial charge in [-0.2, -0.15) is 13.2 Å². The largest absolute Gasteiger partial charge is 0.497 e. The molecule has 26 heavy (non-hydrogen) atoms. The van der Waals surface area contributed by atoms with E-state index in [1.165, 1.54) is 18.2 Å². The molecule has 1 heterocycles. The lowest BCUT2D eigenvalue weighted by molar-refractivity contribution is -0.137. The van der Waals surface area contributed by atoms with Crippen LogP contribution in [0.5, 0.6) is 5.75 Å². The molecule has 1 aliphatic rings. The lowest BCUT2D eigenvalue weighted by Crippen LogP contribution is -2.19. The molecule has 0 spiro atoms. The van der Waals surface area contributed by atoms with Crippen LogP contribution in [-0.2, 0) is 11.0 Å². The van der Waals surface area contributed by atoms with E-state index >= 15 is 0 Å². The Labute approximate surface area is 151 Å². The van der Waals surface area contributed by atoms with Crippen molar-refractivity contribution in [1.29, 1.82) is 0 Å². The molecule has 2 aromatic rings. The minimum absolute atomic E-state index is 0.345. The number of ether oxygens (including phenoxy) is 1. The molecule has 2 aromatic carbocycles. The van der Waals surface area contributed by atoms with E-state index in [9.17, 15) is 18.0 Å². The number of carbonyl (C=O) groups is 1. The van der Waals surface area contributed by atoms with E-state index in [-0.39, 0.29) is 5.91 Å². The normalized spacial score (nSPS) is 17.6. The quantitative estimate of drug-likeness (QED) is 0.794. The molecule has 8 heteroatoms. The number of amides is 1. The summed E-state index contributed by atoms with van der Waals surface area (Å²) in [4.78, 5) is 16.7. The standard InChI is InChI=1S/C18H13F3N2O2S/c1-25-14-8-6-13(7-9-14)22-17-23-16(24)15(26-17)10-11-2-4-12(5-3-11)18(19,20)21/h2-10H,1H3,(H,22,23,24)/b15-10-. The molecule has 0 atom stereocenters. The summed E-state index contributed by atoms with van der Waals surface area (Å²) in [5.41, 5.74) is 0.413. The van der Waals surface area contributed by atoms with Crippen molar-refractivity contribution in [3.63, 3.8) is 0 Å². The molecule has 0 aliphatic carbocycles. The van der Waals surface area contributed by atoms with Gasteiger partial charge in [-0.3, -0.25) is 4.79 Å². The van der Waals surface area contributed by atoms with Crippen molar-refractivity contribution in [1.82, 2.24) is 5.32 Å². The molecule has 1 amide bonds. The summed E-state index contributed by atoms with van der Waals surface area (Å²) in [6.07, 6.45) is -2.86. The smallest absolute Gasteiger partial charge is 0.416 e. The Hall–Kier alpha value is -2.74. The Bertz CT molecular complexity index is 873. The van der Waals surface area contributed by atoms with E-state index in [0.717, 1.165) is 23.9 Å². The molecule has 1 N–H and O–H groups in total. The number of amidine groups is 1. The topological polar surface area (TPSA) is 50.7 Å². The van der Waals surface area contributed by atoms with Crippen molar-refractivity contribution in [2.75, 3.05) is 7.11 Å². The molecule has 0 saturated carbocycles. The fraction of sp³-hybridized carbons (Fsp3) is 0.111. The van der Waals surface area contributed by atoms with Crippen LogP contribution >= 0.6 is 11.8 Å². The van der Waals surface area contributed by atoms with Crippen LogP contribution in [0.4, 0.5) is 18.9 Å². The summed E-state index contributed by atoms with van der Waals surface area (Å²) in [5.74, 6) is 0.349. The second-order valence-corrected chi connectivity index (χ2v) is 6.33. The molecular formula is C18H13F3N2O2S. The molecule has 0 aromatic heterocycles. The highest BCUT2D eigenvalue weighted by Gasteiger charge is 2.30. The molecule has 3 rings (SSSR count). The van der Waals surface area contributed by atoms with E-state index in [2.05, 4.69) is 10.3 Å². The number of hydrogen-bond acceptors (Lipinski definition) is 4. The maximum absolute atomic E-state index is 12.6. The van der Waals surface area contributed by atoms with Crippen LogP contribution in [0.3, 0.4) is 0 Å². The number of methoxy groups -OCH3 is 1. The van der Waals surface area contributed by atoms with Crippen molar-refractivity contribution in [2.45, 2.75) is 6.18 Å². The van der Waals surface area contributed by atoms with E-state index in [4.69, 9.17) is 4.74 Å². The number of aliphatic imine (C=N–C) groups is 1. The predicted molar refractivity (Wildman–Crippen MR) is 95.2 cm³/mol. The number of rotatable bonds is 3. The van der Waals surface area contributed by atoms with Crippen LogP contribution in [0.15, 0.2) is 58.4 Å². The average Bonchev–Trinajstić information content (AvgIpc) is 2.94. The predicted octanol–water partition coefficient (Wildman–Crippen LogP) is 4.61. The van der Waals surface area contributed by atoms with E-state index < -0.39 is 11.7 Å². The number of hydrogen-bond donors (Lipinski definition) is 1. The lowest BCUT2D eigenvalue weighted by atomic mass is 10.1. The third-order valence-corrected chi connectivity index (χ3v) is 4.40. The lowest BCUT2D eigenvalue weighted by Gasteiger charge is -2.06. The van der Waals surface area contributed by atoms with Crippen LogP contribution < -0.4 is 10.1 Å². The maximum Gasteiger partial charge on any atom is 0.416 e. The number of benzene rings is 2. The highest BCUT2D eigenvalue weighted by Crippen LogP contribution is 2.31. The van der Waals surface area contributed by atoms with Crippen molar-refractivity contribution in [3.8, 4) is 5.75 Å². The number of nitrogens with zero attached hydrogens (tertiary/aromatic N) is 1. The minimum Gasteiger partial charge on any atom is -0.497 e. The summed E-state index contributed by atoms with van der Waals surface area (Å²) in [7, 11) is 1.56. The van der Waals surface area contributed by atoms with Gasteiger partial charge in [0.15, 0.2) is 5.17 Å². The second kappa shape index (κ2) is 7.25. The summed E-state index contributed by atoms with van der Waals surface area (Å²) >= 11 is 1.13. The molecule has 134 valence electrons. The van der Waals surface area contributed by atoms with Gasteiger partial charge in [-0.25, -0.2) is 4.99 Å². The van der Waals surface area contributed by atoms with Gasteiger partial charge in [0.05, 0.1) is 23.3 Å². The second-order valence-electron chi connectivity index (χ2n) is 5.30. The molecular weight excluding hydrogens is 365 g/mol. The van der Waals surface area contributed by atoms with Gasteiger partial charge in [0.2, 0.25) is 0 Å². The van der Waals surface area contributed by atoms with Gasteiger partial charge >= 0.3 is 6.18 Å². The van der Waals surface area contributed by atoms with Crippen LogP contribution in [0.25, 0.3) is 6.08 Å². The Morgan fingerprint density at radius 3 is 2.31 bits per heavy atom. The average molecular weight is 378 g/mol. The van der Waals surface area contributed by atoms with Crippen molar-refractivity contribution >= 4 is 34.6 Å².